The molecule has 0 saturated heterocycles. The van der Waals surface area contributed by atoms with Crippen molar-refractivity contribution in [3.63, 3.8) is 0 Å². The minimum atomic E-state index is -0.662. The van der Waals surface area contributed by atoms with Gasteiger partial charge in [-0.2, -0.15) is 0 Å². The van der Waals surface area contributed by atoms with Crippen LogP contribution in [0.2, 0.25) is 0 Å². The summed E-state index contributed by atoms with van der Waals surface area (Å²) in [4.78, 5) is 25.0. The molecule has 0 aliphatic carbocycles. The lowest BCUT2D eigenvalue weighted by molar-refractivity contribution is -0.122. The summed E-state index contributed by atoms with van der Waals surface area (Å²) in [6.45, 7) is 9.65. The number of aliphatic hydroxyl groups excluding tert-OH is 2. The molecule has 10 heteroatoms. The highest BCUT2D eigenvalue weighted by atomic mass is 16.5. The van der Waals surface area contributed by atoms with E-state index in [0.717, 1.165) is 11.1 Å². The number of hydrogen-bond acceptors (Lipinski definition) is 8. The van der Waals surface area contributed by atoms with E-state index in [-0.39, 0.29) is 63.0 Å². The molecular weight excluding hydrogens is 512 g/mol. The first kappa shape index (κ1) is 33.0. The first-order valence-corrected chi connectivity index (χ1v) is 13.9. The minimum Gasteiger partial charge on any atom is -0.491 e. The molecule has 0 aliphatic rings. The minimum absolute atomic E-state index is 0.119. The van der Waals surface area contributed by atoms with Crippen LogP contribution in [0, 0.1) is 0 Å². The molecule has 2 atom stereocenters. The smallest absolute Gasteiger partial charge is 0.224 e. The molecule has 0 fully saturated rings. The average Bonchev–Trinajstić information content (AvgIpc) is 2.92. The van der Waals surface area contributed by atoms with E-state index >= 15 is 0 Å². The Hall–Kier alpha value is -3.18. The van der Waals surface area contributed by atoms with Gasteiger partial charge in [-0.25, -0.2) is 0 Å². The van der Waals surface area contributed by atoms with E-state index in [4.69, 9.17) is 9.47 Å². The number of hydrogen-bond donors (Lipinski definition) is 6. The Balaban J connectivity index is 1.73. The van der Waals surface area contributed by atoms with Gasteiger partial charge >= 0.3 is 0 Å². The predicted molar refractivity (Wildman–Crippen MR) is 156 cm³/mol. The van der Waals surface area contributed by atoms with Gasteiger partial charge in [-0.3, -0.25) is 9.59 Å². The molecule has 0 saturated carbocycles. The zero-order valence-corrected chi connectivity index (χ0v) is 24.1. The summed E-state index contributed by atoms with van der Waals surface area (Å²) in [5.41, 5.74) is 1.43. The van der Waals surface area contributed by atoms with Crippen LogP contribution in [0.3, 0.4) is 0 Å². The summed E-state index contributed by atoms with van der Waals surface area (Å²) < 4.78 is 11.5. The molecule has 2 rings (SSSR count). The van der Waals surface area contributed by atoms with Gasteiger partial charge in [0.15, 0.2) is 0 Å². The van der Waals surface area contributed by atoms with E-state index < -0.39 is 12.2 Å². The fraction of sp³-hybridized carbons (Fsp3) is 0.533. The highest BCUT2D eigenvalue weighted by Gasteiger charge is 2.13. The van der Waals surface area contributed by atoms with Gasteiger partial charge in [0, 0.05) is 49.4 Å². The molecule has 0 spiro atoms. The Kier molecular flexibility index (Phi) is 15.0. The summed E-state index contributed by atoms with van der Waals surface area (Å²) in [7, 11) is 0. The van der Waals surface area contributed by atoms with Crippen molar-refractivity contribution in [1.82, 2.24) is 21.3 Å². The van der Waals surface area contributed by atoms with Crippen molar-refractivity contribution in [2.24, 2.45) is 0 Å². The highest BCUT2D eigenvalue weighted by Crippen LogP contribution is 2.20. The standard InChI is InChI=1S/C30H46N4O6/c1-21(2)33-17-25(35)19-39-27-11-7-5-9-23(27)15-29(37)31-13-14-32-30(38)16-24-10-6-8-12-28(24)40-20-26(36)18-34-22(3)4/h5-12,21-22,25-26,33-36H,13-20H2,1-4H3,(H,31,37)(H,32,38)/t25-,26-/m0/s1. The second-order valence-corrected chi connectivity index (χ2v) is 10.3. The van der Waals surface area contributed by atoms with Crippen LogP contribution in [0.4, 0.5) is 0 Å². The molecular formula is C30H46N4O6. The van der Waals surface area contributed by atoms with Crippen LogP contribution in [0.5, 0.6) is 11.5 Å². The van der Waals surface area contributed by atoms with Crippen molar-refractivity contribution in [1.29, 1.82) is 0 Å². The summed E-state index contributed by atoms with van der Waals surface area (Å²) >= 11 is 0. The molecule has 6 N–H and O–H groups in total. The van der Waals surface area contributed by atoms with Crippen LogP contribution in [0.25, 0.3) is 0 Å². The van der Waals surface area contributed by atoms with Crippen molar-refractivity contribution in [2.75, 3.05) is 39.4 Å². The monoisotopic (exact) mass is 558 g/mol. The third-order valence-corrected chi connectivity index (χ3v) is 5.80. The molecule has 40 heavy (non-hydrogen) atoms. The molecule has 0 radical (unpaired) electrons. The van der Waals surface area contributed by atoms with Crippen LogP contribution >= 0.6 is 0 Å². The van der Waals surface area contributed by atoms with Crippen molar-refractivity contribution in [3.05, 3.63) is 59.7 Å². The molecule has 0 unspecified atom stereocenters. The van der Waals surface area contributed by atoms with Gasteiger partial charge in [-0.15, -0.1) is 0 Å². The number of carbonyl (C=O) groups is 2. The molecule has 0 bridgehead atoms. The Morgan fingerprint density at radius 3 is 1.43 bits per heavy atom. The number of benzene rings is 2. The predicted octanol–water partition coefficient (Wildman–Crippen LogP) is 1.18. The molecule has 2 aromatic carbocycles. The van der Waals surface area contributed by atoms with Crippen molar-refractivity contribution in [2.45, 2.75) is 64.8 Å². The lowest BCUT2D eigenvalue weighted by atomic mass is 10.1. The van der Waals surface area contributed by atoms with Gasteiger partial charge in [0.2, 0.25) is 11.8 Å². The molecule has 2 aromatic rings. The number of aliphatic hydroxyl groups is 2. The Morgan fingerprint density at radius 1 is 0.675 bits per heavy atom. The molecule has 10 nitrogen and oxygen atoms in total. The summed E-state index contributed by atoms with van der Waals surface area (Å²) in [5, 5.41) is 32.1. The zero-order valence-electron chi connectivity index (χ0n) is 24.1. The third kappa shape index (κ3) is 13.7. The zero-order chi connectivity index (χ0) is 29.3. The second-order valence-electron chi connectivity index (χ2n) is 10.3. The second kappa shape index (κ2) is 18.2. The third-order valence-electron chi connectivity index (χ3n) is 5.80. The molecule has 222 valence electrons. The average molecular weight is 559 g/mol. The fourth-order valence-electron chi connectivity index (χ4n) is 3.69. The SMILES string of the molecule is CC(C)NC[C@H](O)COc1ccccc1CC(=O)NCCNC(=O)Cc1ccccc1OC[C@@H](O)CNC(C)C. The van der Waals surface area contributed by atoms with Crippen LogP contribution in [-0.2, 0) is 22.4 Å². The van der Waals surface area contributed by atoms with E-state index in [0.29, 0.717) is 24.6 Å². The normalized spacial score (nSPS) is 12.7. The summed E-state index contributed by atoms with van der Waals surface area (Å²) in [6.07, 6.45) is -1.09. The number of rotatable bonds is 19. The van der Waals surface area contributed by atoms with Gasteiger partial charge in [0.05, 0.1) is 12.8 Å². The van der Waals surface area contributed by atoms with Crippen LogP contribution < -0.4 is 30.7 Å². The lowest BCUT2D eigenvalue weighted by Gasteiger charge is -2.17. The van der Waals surface area contributed by atoms with E-state index in [1.54, 1.807) is 12.1 Å². The van der Waals surface area contributed by atoms with E-state index in [1.165, 1.54) is 0 Å². The Bertz CT molecular complexity index is 951. The maximum Gasteiger partial charge on any atom is 0.224 e. The lowest BCUT2D eigenvalue weighted by Crippen LogP contribution is -2.36. The van der Waals surface area contributed by atoms with Crippen molar-refractivity contribution in [3.8, 4) is 11.5 Å². The van der Waals surface area contributed by atoms with Crippen molar-refractivity contribution >= 4 is 11.8 Å². The number of nitrogens with one attached hydrogen (secondary N) is 4. The molecule has 2 amide bonds. The van der Waals surface area contributed by atoms with Crippen LogP contribution in [-0.4, -0.2) is 85.7 Å². The highest BCUT2D eigenvalue weighted by molar-refractivity contribution is 5.80. The first-order chi connectivity index (χ1) is 19.1. The van der Waals surface area contributed by atoms with Gasteiger partial charge in [0.1, 0.15) is 36.9 Å². The van der Waals surface area contributed by atoms with Gasteiger partial charge < -0.3 is 41.0 Å². The molecule has 0 aromatic heterocycles. The largest absolute Gasteiger partial charge is 0.491 e. The fourth-order valence-corrected chi connectivity index (χ4v) is 3.69. The van der Waals surface area contributed by atoms with Gasteiger partial charge in [-0.1, -0.05) is 64.1 Å². The summed E-state index contributed by atoms with van der Waals surface area (Å²) in [6, 6.07) is 15.0. The van der Waals surface area contributed by atoms with Crippen LogP contribution in [0.1, 0.15) is 38.8 Å². The van der Waals surface area contributed by atoms with Crippen LogP contribution in [0.15, 0.2) is 48.5 Å². The van der Waals surface area contributed by atoms with E-state index in [9.17, 15) is 19.8 Å². The van der Waals surface area contributed by atoms with E-state index in [2.05, 4.69) is 21.3 Å². The first-order valence-electron chi connectivity index (χ1n) is 13.9. The molecule has 0 heterocycles. The molecule has 0 aliphatic heterocycles. The number of amides is 2. The van der Waals surface area contributed by atoms with E-state index in [1.807, 2.05) is 64.1 Å². The van der Waals surface area contributed by atoms with Crippen molar-refractivity contribution < 1.29 is 29.3 Å². The maximum atomic E-state index is 12.5. The number of ether oxygens (including phenoxy) is 2. The van der Waals surface area contributed by atoms with Gasteiger partial charge in [-0.05, 0) is 12.1 Å². The quantitative estimate of drug-likeness (QED) is 0.141. The maximum absolute atomic E-state index is 12.5. The Morgan fingerprint density at radius 2 is 1.05 bits per heavy atom. The summed E-state index contributed by atoms with van der Waals surface area (Å²) in [5.74, 6) is 0.714. The number of carbonyl (C=O) groups excluding carboxylic acids is 2. The number of para-hydroxylation sites is 2. The van der Waals surface area contributed by atoms with Gasteiger partial charge in [0.25, 0.3) is 0 Å². The Labute approximate surface area is 237 Å². The topological polar surface area (TPSA) is 141 Å².